The molecule has 1 aliphatic carbocycles. The van der Waals surface area contributed by atoms with Crippen molar-refractivity contribution in [1.82, 2.24) is 9.13 Å². The molecule has 8 rings (SSSR count). The highest BCUT2D eigenvalue weighted by Gasteiger charge is 2.39. The monoisotopic (exact) mass is 612 g/mol. The van der Waals surface area contributed by atoms with Gasteiger partial charge in [-0.25, -0.2) is 0 Å². The second kappa shape index (κ2) is 10.3. The third kappa shape index (κ3) is 4.68. The van der Waals surface area contributed by atoms with Gasteiger partial charge in [0.1, 0.15) is 0 Å². The lowest BCUT2D eigenvalue weighted by molar-refractivity contribution is 0.168. The van der Waals surface area contributed by atoms with E-state index < -0.39 is 0 Å². The van der Waals surface area contributed by atoms with E-state index in [4.69, 9.17) is 0 Å². The van der Waals surface area contributed by atoms with Crippen LogP contribution < -0.4 is 0 Å². The Balaban J connectivity index is 1.26. The number of benzene rings is 5. The van der Waals surface area contributed by atoms with Gasteiger partial charge in [-0.1, -0.05) is 121 Å². The highest BCUT2D eigenvalue weighted by atomic mass is 15.0. The molecule has 7 aromatic rings. The molecule has 5 aromatic carbocycles. The minimum absolute atomic E-state index is 0.0919. The van der Waals surface area contributed by atoms with Crippen molar-refractivity contribution in [3.63, 3.8) is 0 Å². The molecule has 1 atom stereocenters. The Morgan fingerprint density at radius 3 is 1.77 bits per heavy atom. The third-order valence-electron chi connectivity index (χ3n) is 11.0. The number of hydrogen-bond acceptors (Lipinski definition) is 0. The van der Waals surface area contributed by atoms with Crippen LogP contribution in [0.25, 0.3) is 61.3 Å². The summed E-state index contributed by atoms with van der Waals surface area (Å²) in [6.07, 6.45) is 5.87. The van der Waals surface area contributed by atoms with Crippen LogP contribution in [0.15, 0.2) is 121 Å². The molecule has 2 aromatic heterocycles. The van der Waals surface area contributed by atoms with Gasteiger partial charge in [0.05, 0.1) is 16.6 Å². The molecule has 1 unspecified atom stereocenters. The molecule has 0 radical (unpaired) electrons. The van der Waals surface area contributed by atoms with E-state index >= 15 is 0 Å². The van der Waals surface area contributed by atoms with Crippen LogP contribution >= 0.6 is 0 Å². The van der Waals surface area contributed by atoms with E-state index in [1.165, 1.54) is 72.0 Å². The van der Waals surface area contributed by atoms with Crippen LogP contribution in [-0.4, -0.2) is 9.13 Å². The van der Waals surface area contributed by atoms with Crippen LogP contribution in [-0.2, 0) is 11.8 Å². The Kier molecular flexibility index (Phi) is 6.51. The summed E-state index contributed by atoms with van der Waals surface area (Å²) in [5.74, 6) is 0. The fourth-order valence-corrected chi connectivity index (χ4v) is 7.54. The summed E-state index contributed by atoms with van der Waals surface area (Å²) in [5.41, 5.74) is 13.0. The molecular formula is C45H44N2. The SMILES string of the molecule is CC(C)(C)c1ccc2c(c1)c1ccccc1n2-c1cccc(-c2cccc(-n3c4c(c5ccccc53)CC(C)(C(C)(C)C)C=C4)c2)c1. The van der Waals surface area contributed by atoms with Gasteiger partial charge in [-0.2, -0.15) is 0 Å². The molecule has 0 amide bonds. The van der Waals surface area contributed by atoms with E-state index in [1.54, 1.807) is 0 Å². The third-order valence-corrected chi connectivity index (χ3v) is 11.0. The van der Waals surface area contributed by atoms with Crippen LogP contribution in [0.1, 0.15) is 65.3 Å². The molecule has 0 saturated carbocycles. The molecule has 0 aliphatic heterocycles. The standard InChI is InChI=1S/C45H44N2/c1-43(2,3)32-22-23-41-37(28-32)35-18-8-10-20-39(35)46(41)33-16-12-14-30(26-33)31-15-13-17-34(27-31)47-40-21-11-9-19-36(40)38-29-45(7,44(4,5)6)25-24-42(38)47/h8-28H,29H2,1-7H3. The highest BCUT2D eigenvalue weighted by molar-refractivity contribution is 6.09. The van der Waals surface area contributed by atoms with Crippen LogP contribution in [0.5, 0.6) is 0 Å². The van der Waals surface area contributed by atoms with Crippen LogP contribution in [0, 0.1) is 10.8 Å². The predicted octanol–water partition coefficient (Wildman–Crippen LogP) is 12.3. The van der Waals surface area contributed by atoms with Crippen molar-refractivity contribution < 1.29 is 0 Å². The van der Waals surface area contributed by atoms with E-state index in [0.29, 0.717) is 0 Å². The Morgan fingerprint density at radius 2 is 1.13 bits per heavy atom. The van der Waals surface area contributed by atoms with Crippen molar-refractivity contribution in [1.29, 1.82) is 0 Å². The van der Waals surface area contributed by atoms with Gasteiger partial charge in [0.2, 0.25) is 0 Å². The predicted molar refractivity (Wildman–Crippen MR) is 202 cm³/mol. The Hall–Kier alpha value is -4.82. The average molecular weight is 613 g/mol. The first-order valence-corrected chi connectivity index (χ1v) is 17.0. The Labute approximate surface area is 279 Å². The fraction of sp³-hybridized carbons (Fsp3) is 0.244. The van der Waals surface area contributed by atoms with Crippen LogP contribution in [0.2, 0.25) is 0 Å². The molecule has 0 N–H and O–H groups in total. The van der Waals surface area contributed by atoms with Gasteiger partial charge >= 0.3 is 0 Å². The zero-order chi connectivity index (χ0) is 32.7. The van der Waals surface area contributed by atoms with E-state index in [0.717, 1.165) is 6.42 Å². The van der Waals surface area contributed by atoms with Crippen molar-refractivity contribution in [2.45, 2.75) is 60.3 Å². The number of allylic oxidation sites excluding steroid dienone is 1. The van der Waals surface area contributed by atoms with Gasteiger partial charge in [-0.3, -0.25) is 0 Å². The normalized spacial score (nSPS) is 16.7. The molecule has 1 aliphatic rings. The minimum Gasteiger partial charge on any atom is -0.310 e. The number of rotatable bonds is 3. The first-order chi connectivity index (χ1) is 22.4. The second-order valence-electron chi connectivity index (χ2n) is 15.8. The van der Waals surface area contributed by atoms with E-state index in [1.807, 2.05) is 0 Å². The summed E-state index contributed by atoms with van der Waals surface area (Å²) in [5, 5.41) is 3.96. The van der Waals surface area contributed by atoms with Crippen molar-refractivity contribution >= 4 is 38.8 Å². The van der Waals surface area contributed by atoms with E-state index in [-0.39, 0.29) is 16.2 Å². The van der Waals surface area contributed by atoms with Gasteiger partial charge in [0.25, 0.3) is 0 Å². The fourth-order valence-electron chi connectivity index (χ4n) is 7.54. The largest absolute Gasteiger partial charge is 0.310 e. The zero-order valence-corrected chi connectivity index (χ0v) is 28.7. The lowest BCUT2D eigenvalue weighted by atomic mass is 9.63. The van der Waals surface area contributed by atoms with Gasteiger partial charge < -0.3 is 9.13 Å². The molecule has 0 saturated heterocycles. The summed E-state index contributed by atoms with van der Waals surface area (Å²) in [7, 11) is 0. The molecule has 2 heterocycles. The van der Waals surface area contributed by atoms with Crippen molar-refractivity contribution in [2.24, 2.45) is 10.8 Å². The average Bonchev–Trinajstić information content (AvgIpc) is 3.56. The van der Waals surface area contributed by atoms with Gasteiger partial charge in [-0.15, -0.1) is 0 Å². The van der Waals surface area contributed by atoms with Gasteiger partial charge in [0.15, 0.2) is 0 Å². The van der Waals surface area contributed by atoms with E-state index in [9.17, 15) is 0 Å². The summed E-state index contributed by atoms with van der Waals surface area (Å²) in [6, 6.07) is 42.8. The highest BCUT2D eigenvalue weighted by Crippen LogP contribution is 2.48. The molecule has 234 valence electrons. The molecule has 2 heteroatoms. The maximum atomic E-state index is 2.47. The summed E-state index contributed by atoms with van der Waals surface area (Å²) < 4.78 is 4.90. The number of hydrogen-bond donors (Lipinski definition) is 0. The maximum absolute atomic E-state index is 2.47. The van der Waals surface area contributed by atoms with Crippen LogP contribution in [0.3, 0.4) is 0 Å². The van der Waals surface area contributed by atoms with Gasteiger partial charge in [-0.05, 0) is 99.5 Å². The number of fused-ring (bicyclic) bond motifs is 6. The lowest BCUT2D eigenvalue weighted by Gasteiger charge is -2.42. The molecule has 0 fully saturated rings. The Bertz CT molecular complexity index is 2360. The summed E-state index contributed by atoms with van der Waals surface area (Å²) in [6.45, 7) is 16.4. The number of para-hydroxylation sites is 2. The maximum Gasteiger partial charge on any atom is 0.0541 e. The first kappa shape index (κ1) is 29.6. The molecular weight excluding hydrogens is 569 g/mol. The second-order valence-corrected chi connectivity index (χ2v) is 15.8. The zero-order valence-electron chi connectivity index (χ0n) is 28.7. The minimum atomic E-state index is 0.0919. The van der Waals surface area contributed by atoms with Crippen molar-refractivity contribution in [3.05, 3.63) is 138 Å². The van der Waals surface area contributed by atoms with Gasteiger partial charge in [0, 0.05) is 33.2 Å². The van der Waals surface area contributed by atoms with Crippen molar-refractivity contribution in [3.8, 4) is 22.5 Å². The lowest BCUT2D eigenvalue weighted by Crippen LogP contribution is -2.34. The van der Waals surface area contributed by atoms with Crippen molar-refractivity contribution in [2.75, 3.05) is 0 Å². The first-order valence-electron chi connectivity index (χ1n) is 17.0. The Morgan fingerprint density at radius 1 is 0.553 bits per heavy atom. The molecule has 47 heavy (non-hydrogen) atoms. The topological polar surface area (TPSA) is 9.86 Å². The van der Waals surface area contributed by atoms with E-state index in [2.05, 4.69) is 185 Å². The molecule has 0 spiro atoms. The molecule has 2 nitrogen and oxygen atoms in total. The smallest absolute Gasteiger partial charge is 0.0541 e. The number of nitrogens with zero attached hydrogens (tertiary/aromatic N) is 2. The quantitative estimate of drug-likeness (QED) is 0.188. The van der Waals surface area contributed by atoms with Crippen LogP contribution in [0.4, 0.5) is 0 Å². The number of aromatic nitrogens is 2. The summed E-state index contributed by atoms with van der Waals surface area (Å²) >= 11 is 0. The molecule has 0 bridgehead atoms. The summed E-state index contributed by atoms with van der Waals surface area (Å²) in [4.78, 5) is 0.